The number of rotatable bonds is 5. The van der Waals surface area contributed by atoms with Crippen molar-refractivity contribution in [2.45, 2.75) is 38.9 Å². The average molecular weight is 261 g/mol. The second-order valence-corrected chi connectivity index (χ2v) is 3.81. The van der Waals surface area contributed by atoms with E-state index in [1.54, 1.807) is 27.7 Å². The van der Waals surface area contributed by atoms with Crippen LogP contribution in [0.2, 0.25) is 0 Å². The van der Waals surface area contributed by atoms with E-state index in [0.717, 1.165) is 0 Å². The maximum atomic E-state index is 9.10. The highest BCUT2D eigenvalue weighted by molar-refractivity contribution is 6.32. The normalized spacial score (nSPS) is 10.1. The molecule has 0 rings (SSSR count). The fourth-order valence-electron chi connectivity index (χ4n) is 0.0544. The van der Waals surface area contributed by atoms with Crippen LogP contribution in [0.25, 0.3) is 0 Å². The minimum atomic E-state index is -1.01. The molecule has 102 valence electrons. The van der Waals surface area contributed by atoms with Gasteiger partial charge in [0.2, 0.25) is 0 Å². The van der Waals surface area contributed by atoms with Gasteiger partial charge in [0.15, 0.2) is 0 Å². The number of hydrogen-bond donors (Lipinski definition) is 6. The summed E-state index contributed by atoms with van der Waals surface area (Å²) in [6.45, 7) is 6.31. The molecule has 0 saturated heterocycles. The van der Waals surface area contributed by atoms with Gasteiger partial charge in [-0.2, -0.15) is 0 Å². The topological polar surface area (TPSA) is 140 Å². The van der Waals surface area contributed by atoms with E-state index in [9.17, 15) is 0 Å². The van der Waals surface area contributed by atoms with Gasteiger partial charge in [-0.05, 0) is 27.7 Å². The lowest BCUT2D eigenvalue weighted by molar-refractivity contribution is -0.107. The molecule has 0 aliphatic carbocycles. The van der Waals surface area contributed by atoms with Crippen LogP contribution in [0.1, 0.15) is 27.7 Å². The lowest BCUT2D eigenvalue weighted by atomic mass is 9.90. The molecule has 0 bridgehead atoms. The van der Waals surface area contributed by atoms with Crippen LogP contribution in [0.15, 0.2) is 0 Å². The van der Waals surface area contributed by atoms with Crippen molar-refractivity contribution in [2.24, 2.45) is 0 Å². The molecule has 0 atom stereocenters. The summed E-state index contributed by atoms with van der Waals surface area (Å²) in [5.74, 6) is 0. The molecule has 0 saturated carbocycles. The Balaban J connectivity index is -0.000000197. The number of aliphatic hydroxyl groups is 2. The Bertz CT molecular complexity index is 137. The third kappa shape index (κ3) is 21.2. The van der Waals surface area contributed by atoms with E-state index in [0.29, 0.717) is 30.7 Å². The maximum absolute atomic E-state index is 9.10. The molecular formula is C6H18B4O8. The second kappa shape index (κ2) is 13.4. The van der Waals surface area contributed by atoms with Crippen molar-refractivity contribution in [3.8, 4) is 0 Å². The predicted molar refractivity (Wildman–Crippen MR) is 66.7 cm³/mol. The van der Waals surface area contributed by atoms with Crippen LogP contribution in [0, 0.1) is 0 Å². The SMILES string of the molecule is CC(C)(O)C(C)(C)O.O[B]O[B]O.O[B]O[B]O. The summed E-state index contributed by atoms with van der Waals surface area (Å²) < 4.78 is 7.39. The lowest BCUT2D eigenvalue weighted by Crippen LogP contribution is -2.44. The van der Waals surface area contributed by atoms with Gasteiger partial charge in [-0.3, -0.25) is 0 Å². The molecule has 0 unspecified atom stereocenters. The van der Waals surface area contributed by atoms with Crippen LogP contribution in [-0.2, 0) is 9.14 Å². The molecule has 0 fully saturated rings. The van der Waals surface area contributed by atoms with Gasteiger partial charge in [-0.1, -0.05) is 0 Å². The Morgan fingerprint density at radius 1 is 0.611 bits per heavy atom. The van der Waals surface area contributed by atoms with E-state index in [1.807, 2.05) is 0 Å². The van der Waals surface area contributed by atoms with E-state index < -0.39 is 11.2 Å². The Hall–Kier alpha value is -0.0603. The molecule has 12 heteroatoms. The van der Waals surface area contributed by atoms with E-state index in [4.69, 9.17) is 30.3 Å². The molecule has 4 radical (unpaired) electrons. The van der Waals surface area contributed by atoms with Gasteiger partial charge in [0.05, 0.1) is 11.2 Å². The highest BCUT2D eigenvalue weighted by Gasteiger charge is 2.31. The molecule has 0 aromatic carbocycles. The first-order chi connectivity index (χ1) is 8.08. The van der Waals surface area contributed by atoms with Crippen LogP contribution >= 0.6 is 0 Å². The van der Waals surface area contributed by atoms with Crippen LogP contribution in [-0.4, -0.2) is 72.3 Å². The summed E-state index contributed by atoms with van der Waals surface area (Å²) in [7, 11) is 1.50. The van der Waals surface area contributed by atoms with Crippen LogP contribution in [0.5, 0.6) is 0 Å². The first kappa shape index (κ1) is 23.1. The van der Waals surface area contributed by atoms with Crippen molar-refractivity contribution in [2.75, 3.05) is 0 Å². The van der Waals surface area contributed by atoms with Crippen molar-refractivity contribution < 1.29 is 39.5 Å². The molecule has 0 aromatic heterocycles. The van der Waals surface area contributed by atoms with Crippen molar-refractivity contribution in [1.82, 2.24) is 0 Å². The van der Waals surface area contributed by atoms with Gasteiger partial charge in [0, 0.05) is 0 Å². The Morgan fingerprint density at radius 2 is 0.778 bits per heavy atom. The van der Waals surface area contributed by atoms with Crippen LogP contribution in [0.4, 0.5) is 0 Å². The fraction of sp³-hybridized carbons (Fsp3) is 1.00. The molecule has 0 aliphatic rings. The van der Waals surface area contributed by atoms with Gasteiger partial charge >= 0.3 is 30.7 Å². The fourth-order valence-corrected chi connectivity index (χ4v) is 0.0544. The minimum absolute atomic E-state index is 0.375. The summed E-state index contributed by atoms with van der Waals surface area (Å²) in [6.07, 6.45) is 0. The Kier molecular flexibility index (Phi) is 17.1. The van der Waals surface area contributed by atoms with E-state index in [-0.39, 0.29) is 0 Å². The monoisotopic (exact) mass is 262 g/mol. The van der Waals surface area contributed by atoms with E-state index >= 15 is 0 Å². The molecule has 0 aliphatic heterocycles. The largest absolute Gasteiger partial charge is 0.469 e. The first-order valence-corrected chi connectivity index (χ1v) is 4.67. The van der Waals surface area contributed by atoms with Crippen molar-refractivity contribution in [3.63, 3.8) is 0 Å². The number of hydrogen-bond acceptors (Lipinski definition) is 8. The molecular weight excluding hydrogens is 243 g/mol. The maximum Gasteiger partial charge on any atom is 0.469 e. The third-order valence-electron chi connectivity index (χ3n) is 1.74. The van der Waals surface area contributed by atoms with Gasteiger partial charge in [-0.15, -0.1) is 0 Å². The lowest BCUT2D eigenvalue weighted by Gasteiger charge is -2.31. The highest BCUT2D eigenvalue weighted by Crippen LogP contribution is 2.19. The van der Waals surface area contributed by atoms with Crippen molar-refractivity contribution in [1.29, 1.82) is 0 Å². The summed E-state index contributed by atoms with van der Waals surface area (Å²) in [5, 5.41) is 48.3. The minimum Gasteiger partial charge on any atom is -0.456 e. The molecule has 0 heterocycles. The second-order valence-electron chi connectivity index (χ2n) is 3.81. The zero-order chi connectivity index (χ0) is 15.2. The first-order valence-electron chi connectivity index (χ1n) is 4.67. The van der Waals surface area contributed by atoms with Gasteiger partial charge in [0.1, 0.15) is 0 Å². The molecule has 0 amide bonds. The third-order valence-corrected chi connectivity index (χ3v) is 1.74. The van der Waals surface area contributed by atoms with E-state index in [2.05, 4.69) is 9.14 Å². The van der Waals surface area contributed by atoms with E-state index in [1.165, 1.54) is 0 Å². The molecule has 18 heavy (non-hydrogen) atoms. The van der Waals surface area contributed by atoms with Gasteiger partial charge < -0.3 is 39.5 Å². The molecule has 0 aromatic rings. The zero-order valence-electron chi connectivity index (χ0n) is 10.8. The zero-order valence-corrected chi connectivity index (χ0v) is 10.8. The van der Waals surface area contributed by atoms with Crippen molar-refractivity contribution >= 4 is 30.7 Å². The molecule has 0 spiro atoms. The van der Waals surface area contributed by atoms with Gasteiger partial charge in [-0.25, -0.2) is 0 Å². The summed E-state index contributed by atoms with van der Waals surface area (Å²) >= 11 is 0. The van der Waals surface area contributed by atoms with Crippen LogP contribution < -0.4 is 0 Å². The van der Waals surface area contributed by atoms with Gasteiger partial charge in [0.25, 0.3) is 0 Å². The molecule has 6 N–H and O–H groups in total. The highest BCUT2D eigenvalue weighted by atomic mass is 16.5. The Morgan fingerprint density at radius 3 is 0.778 bits per heavy atom. The predicted octanol–water partition coefficient (Wildman–Crippen LogP) is -3.36. The standard InChI is InChI=1S/C6H14O2.2B2H2O3/c1-5(2,7)6(3,4)8;2*3-1-5-2-4/h7-8H,1-4H3;2*3-4H. The summed E-state index contributed by atoms with van der Waals surface area (Å²) in [4.78, 5) is 0. The van der Waals surface area contributed by atoms with Crippen molar-refractivity contribution in [3.05, 3.63) is 0 Å². The smallest absolute Gasteiger partial charge is 0.456 e. The Labute approximate surface area is 110 Å². The van der Waals surface area contributed by atoms with Crippen LogP contribution in [0.3, 0.4) is 0 Å². The average Bonchev–Trinajstić information content (AvgIpc) is 2.19. The molecule has 8 nitrogen and oxygen atoms in total. The quantitative estimate of drug-likeness (QED) is 0.282. The summed E-state index contributed by atoms with van der Waals surface area (Å²) in [6, 6.07) is 0. The summed E-state index contributed by atoms with van der Waals surface area (Å²) in [5.41, 5.74) is -2.01.